The predicted octanol–water partition coefficient (Wildman–Crippen LogP) is 2.99. The third kappa shape index (κ3) is 3.32. The SMILES string of the molecule is CCCc1nocc1CCCC(C)=N. The molecular formula is C11H18N2O. The zero-order valence-electron chi connectivity index (χ0n) is 8.97. The zero-order chi connectivity index (χ0) is 10.4. The number of hydrogen-bond acceptors (Lipinski definition) is 3. The minimum atomic E-state index is 0.749. The molecule has 0 atom stereocenters. The summed E-state index contributed by atoms with van der Waals surface area (Å²) in [6.07, 6.45) is 6.71. The van der Waals surface area contributed by atoms with Gasteiger partial charge in [0.15, 0.2) is 0 Å². The van der Waals surface area contributed by atoms with Crippen molar-refractivity contribution < 1.29 is 4.52 Å². The van der Waals surface area contributed by atoms with Crippen LogP contribution in [0.2, 0.25) is 0 Å². The average molecular weight is 194 g/mol. The maximum Gasteiger partial charge on any atom is 0.127 e. The molecule has 1 aromatic heterocycles. The molecule has 0 aliphatic heterocycles. The fourth-order valence-electron chi connectivity index (χ4n) is 1.47. The van der Waals surface area contributed by atoms with Crippen LogP contribution in [0.5, 0.6) is 0 Å². The van der Waals surface area contributed by atoms with Gasteiger partial charge in [0.1, 0.15) is 6.26 Å². The molecule has 1 heterocycles. The van der Waals surface area contributed by atoms with E-state index in [0.29, 0.717) is 0 Å². The minimum absolute atomic E-state index is 0.749. The van der Waals surface area contributed by atoms with E-state index in [4.69, 9.17) is 9.93 Å². The van der Waals surface area contributed by atoms with Crippen LogP contribution in [-0.2, 0) is 12.8 Å². The Kier molecular flexibility index (Phi) is 4.36. The van der Waals surface area contributed by atoms with Gasteiger partial charge in [-0.3, -0.25) is 0 Å². The van der Waals surface area contributed by atoms with Gasteiger partial charge in [0.05, 0.1) is 5.69 Å². The first kappa shape index (κ1) is 11.0. The second kappa shape index (κ2) is 5.58. The summed E-state index contributed by atoms with van der Waals surface area (Å²) in [5.41, 5.74) is 3.06. The monoisotopic (exact) mass is 194 g/mol. The Hall–Kier alpha value is -1.12. The molecule has 0 saturated heterocycles. The van der Waals surface area contributed by atoms with Crippen molar-refractivity contribution in [1.29, 1.82) is 5.41 Å². The number of nitrogens with one attached hydrogen (secondary N) is 1. The highest BCUT2D eigenvalue weighted by Gasteiger charge is 2.06. The Balaban J connectivity index is 2.41. The lowest BCUT2D eigenvalue weighted by Crippen LogP contribution is -1.94. The Morgan fingerprint density at radius 1 is 1.50 bits per heavy atom. The summed E-state index contributed by atoms with van der Waals surface area (Å²) < 4.78 is 4.95. The lowest BCUT2D eigenvalue weighted by Gasteiger charge is -1.99. The van der Waals surface area contributed by atoms with Crippen LogP contribution in [-0.4, -0.2) is 10.9 Å². The Morgan fingerprint density at radius 3 is 2.93 bits per heavy atom. The lowest BCUT2D eigenvalue weighted by atomic mass is 10.1. The highest BCUT2D eigenvalue weighted by Crippen LogP contribution is 2.12. The van der Waals surface area contributed by atoms with Crippen molar-refractivity contribution in [2.75, 3.05) is 0 Å². The van der Waals surface area contributed by atoms with Crippen molar-refractivity contribution in [2.24, 2.45) is 0 Å². The van der Waals surface area contributed by atoms with Gasteiger partial charge in [-0.15, -0.1) is 0 Å². The molecular weight excluding hydrogens is 176 g/mol. The molecule has 1 aromatic rings. The molecule has 0 unspecified atom stereocenters. The molecule has 14 heavy (non-hydrogen) atoms. The smallest absolute Gasteiger partial charge is 0.127 e. The Morgan fingerprint density at radius 2 is 2.29 bits per heavy atom. The van der Waals surface area contributed by atoms with E-state index in [2.05, 4.69) is 12.1 Å². The van der Waals surface area contributed by atoms with Crippen LogP contribution in [0.25, 0.3) is 0 Å². The van der Waals surface area contributed by atoms with Crippen LogP contribution in [0.3, 0.4) is 0 Å². The van der Waals surface area contributed by atoms with E-state index >= 15 is 0 Å². The topological polar surface area (TPSA) is 49.9 Å². The first-order chi connectivity index (χ1) is 6.74. The normalized spacial score (nSPS) is 10.4. The van der Waals surface area contributed by atoms with Gasteiger partial charge in [0, 0.05) is 11.3 Å². The van der Waals surface area contributed by atoms with E-state index in [0.717, 1.165) is 43.5 Å². The van der Waals surface area contributed by atoms with Gasteiger partial charge in [-0.1, -0.05) is 18.5 Å². The summed E-state index contributed by atoms with van der Waals surface area (Å²) in [7, 11) is 0. The van der Waals surface area contributed by atoms with Crippen LogP contribution in [0.1, 0.15) is 44.4 Å². The first-order valence-electron chi connectivity index (χ1n) is 5.20. The van der Waals surface area contributed by atoms with Gasteiger partial charge in [0.2, 0.25) is 0 Å². The molecule has 0 bridgehead atoms. The average Bonchev–Trinajstić information content (AvgIpc) is 2.53. The van der Waals surface area contributed by atoms with E-state index in [1.165, 1.54) is 5.56 Å². The molecule has 1 rings (SSSR count). The standard InChI is InChI=1S/C11H18N2O/c1-3-5-11-10(8-14-13-11)7-4-6-9(2)12/h8,12H,3-7H2,1-2H3. The molecule has 0 aromatic carbocycles. The molecule has 0 aliphatic rings. The molecule has 0 amide bonds. The molecule has 78 valence electrons. The van der Waals surface area contributed by atoms with Crippen molar-refractivity contribution >= 4 is 5.71 Å². The molecule has 1 N–H and O–H groups in total. The van der Waals surface area contributed by atoms with Gasteiger partial charge in [0.25, 0.3) is 0 Å². The van der Waals surface area contributed by atoms with Crippen molar-refractivity contribution in [3.8, 4) is 0 Å². The molecule has 0 saturated carbocycles. The third-order valence-electron chi connectivity index (χ3n) is 2.21. The summed E-state index contributed by atoms with van der Waals surface area (Å²) in [6.45, 7) is 3.99. The summed E-state index contributed by atoms with van der Waals surface area (Å²) >= 11 is 0. The van der Waals surface area contributed by atoms with Gasteiger partial charge in [-0.25, -0.2) is 0 Å². The van der Waals surface area contributed by atoms with Crippen LogP contribution in [0.4, 0.5) is 0 Å². The number of nitrogens with zero attached hydrogens (tertiary/aromatic N) is 1. The van der Waals surface area contributed by atoms with Crippen molar-refractivity contribution in [1.82, 2.24) is 5.16 Å². The van der Waals surface area contributed by atoms with Gasteiger partial charge in [-0.2, -0.15) is 0 Å². The van der Waals surface area contributed by atoms with Gasteiger partial charge in [-0.05, 0) is 32.6 Å². The fourth-order valence-corrected chi connectivity index (χ4v) is 1.47. The highest BCUT2D eigenvalue weighted by atomic mass is 16.5. The molecule has 0 radical (unpaired) electrons. The van der Waals surface area contributed by atoms with Crippen LogP contribution in [0, 0.1) is 5.41 Å². The van der Waals surface area contributed by atoms with E-state index in [9.17, 15) is 0 Å². The molecule has 0 aliphatic carbocycles. The van der Waals surface area contributed by atoms with Crippen molar-refractivity contribution in [2.45, 2.75) is 46.0 Å². The van der Waals surface area contributed by atoms with E-state index in [-0.39, 0.29) is 0 Å². The largest absolute Gasteiger partial charge is 0.364 e. The van der Waals surface area contributed by atoms with E-state index in [1.54, 1.807) is 6.26 Å². The second-order valence-corrected chi connectivity index (χ2v) is 3.67. The number of hydrogen-bond donors (Lipinski definition) is 1. The number of rotatable bonds is 6. The molecule has 0 fully saturated rings. The van der Waals surface area contributed by atoms with Crippen LogP contribution < -0.4 is 0 Å². The van der Waals surface area contributed by atoms with Gasteiger partial charge >= 0.3 is 0 Å². The van der Waals surface area contributed by atoms with E-state index in [1.807, 2.05) is 6.92 Å². The molecule has 3 nitrogen and oxygen atoms in total. The lowest BCUT2D eigenvalue weighted by molar-refractivity contribution is 0.410. The highest BCUT2D eigenvalue weighted by molar-refractivity contribution is 5.78. The molecule has 3 heteroatoms. The minimum Gasteiger partial charge on any atom is -0.364 e. The first-order valence-corrected chi connectivity index (χ1v) is 5.20. The Bertz CT molecular complexity index is 291. The number of aromatic nitrogens is 1. The Labute approximate surface area is 85.0 Å². The van der Waals surface area contributed by atoms with E-state index < -0.39 is 0 Å². The summed E-state index contributed by atoms with van der Waals surface area (Å²) in [5.74, 6) is 0. The fraction of sp³-hybridized carbons (Fsp3) is 0.636. The third-order valence-corrected chi connectivity index (χ3v) is 2.21. The number of aryl methyl sites for hydroxylation is 2. The zero-order valence-corrected chi connectivity index (χ0v) is 8.97. The maximum absolute atomic E-state index is 7.32. The van der Waals surface area contributed by atoms with Crippen LogP contribution >= 0.6 is 0 Å². The summed E-state index contributed by atoms with van der Waals surface area (Å²) in [6, 6.07) is 0. The maximum atomic E-state index is 7.32. The summed E-state index contributed by atoms with van der Waals surface area (Å²) in [5, 5.41) is 11.3. The van der Waals surface area contributed by atoms with Gasteiger partial charge < -0.3 is 9.93 Å². The van der Waals surface area contributed by atoms with Crippen LogP contribution in [0.15, 0.2) is 10.8 Å². The summed E-state index contributed by atoms with van der Waals surface area (Å²) in [4.78, 5) is 0. The second-order valence-electron chi connectivity index (χ2n) is 3.67. The molecule has 0 spiro atoms. The van der Waals surface area contributed by atoms with Crippen molar-refractivity contribution in [3.63, 3.8) is 0 Å². The van der Waals surface area contributed by atoms with Crippen molar-refractivity contribution in [3.05, 3.63) is 17.5 Å². The quantitative estimate of drug-likeness (QED) is 0.708. The predicted molar refractivity (Wildman–Crippen MR) is 56.8 cm³/mol.